The van der Waals surface area contributed by atoms with Crippen LogP contribution in [0.5, 0.6) is 0 Å². The molecule has 114 valence electrons. The van der Waals surface area contributed by atoms with Crippen molar-refractivity contribution in [1.29, 1.82) is 0 Å². The van der Waals surface area contributed by atoms with Crippen LogP contribution in [0, 0.1) is 5.92 Å². The molecule has 1 aliphatic rings. The zero-order valence-electron chi connectivity index (χ0n) is 11.8. The van der Waals surface area contributed by atoms with Gasteiger partial charge in [0.15, 0.2) is 0 Å². The molecule has 7 nitrogen and oxygen atoms in total. The quantitative estimate of drug-likeness (QED) is 0.651. The van der Waals surface area contributed by atoms with Crippen LogP contribution in [0.3, 0.4) is 0 Å². The number of esters is 1. The van der Waals surface area contributed by atoms with Crippen molar-refractivity contribution in [3.63, 3.8) is 0 Å². The molecule has 0 aromatic heterocycles. The SMILES string of the molecule is COC(=O)C[C@H](NC(=O)NC1CCCCC1C)C(=O)O. The first-order chi connectivity index (χ1) is 9.43. The van der Waals surface area contributed by atoms with Gasteiger partial charge in [0.25, 0.3) is 0 Å². The Labute approximate surface area is 118 Å². The summed E-state index contributed by atoms with van der Waals surface area (Å²) >= 11 is 0. The van der Waals surface area contributed by atoms with Crippen LogP contribution in [0.2, 0.25) is 0 Å². The fourth-order valence-corrected chi connectivity index (χ4v) is 2.35. The van der Waals surface area contributed by atoms with Crippen LogP contribution >= 0.6 is 0 Å². The number of hydrogen-bond donors (Lipinski definition) is 3. The van der Waals surface area contributed by atoms with Crippen LogP contribution in [-0.4, -0.2) is 42.3 Å². The Morgan fingerprint density at radius 2 is 1.95 bits per heavy atom. The molecule has 1 saturated carbocycles. The molecule has 0 heterocycles. The Morgan fingerprint density at radius 1 is 1.30 bits per heavy atom. The summed E-state index contributed by atoms with van der Waals surface area (Å²) in [5.41, 5.74) is 0. The Bertz CT molecular complexity index is 372. The summed E-state index contributed by atoms with van der Waals surface area (Å²) in [5, 5.41) is 14.1. The maximum absolute atomic E-state index is 11.8. The number of carbonyl (C=O) groups excluding carboxylic acids is 2. The Kier molecular flexibility index (Phi) is 6.27. The van der Waals surface area contributed by atoms with Crippen molar-refractivity contribution in [1.82, 2.24) is 10.6 Å². The minimum absolute atomic E-state index is 0.0521. The van der Waals surface area contributed by atoms with E-state index in [1.54, 1.807) is 0 Å². The number of rotatable bonds is 5. The number of hydrogen-bond acceptors (Lipinski definition) is 4. The molecule has 1 fully saturated rings. The second kappa shape index (κ2) is 7.72. The molecule has 0 aromatic carbocycles. The molecule has 20 heavy (non-hydrogen) atoms. The molecule has 2 unspecified atom stereocenters. The largest absolute Gasteiger partial charge is 0.480 e. The van der Waals surface area contributed by atoms with E-state index in [2.05, 4.69) is 22.3 Å². The lowest BCUT2D eigenvalue weighted by atomic mass is 9.86. The van der Waals surface area contributed by atoms with Gasteiger partial charge in [-0.15, -0.1) is 0 Å². The smallest absolute Gasteiger partial charge is 0.326 e. The van der Waals surface area contributed by atoms with E-state index in [1.807, 2.05) is 0 Å². The normalized spacial score (nSPS) is 23.5. The zero-order valence-corrected chi connectivity index (χ0v) is 11.8. The van der Waals surface area contributed by atoms with E-state index >= 15 is 0 Å². The lowest BCUT2D eigenvalue weighted by molar-refractivity contribution is -0.147. The second-order valence-electron chi connectivity index (χ2n) is 5.16. The molecule has 0 aromatic rings. The van der Waals surface area contributed by atoms with Crippen LogP contribution in [0.1, 0.15) is 39.0 Å². The van der Waals surface area contributed by atoms with Crippen LogP contribution in [0.25, 0.3) is 0 Å². The fraction of sp³-hybridized carbons (Fsp3) is 0.769. The van der Waals surface area contributed by atoms with Gasteiger partial charge in [-0.3, -0.25) is 4.79 Å². The summed E-state index contributed by atoms with van der Waals surface area (Å²) in [6, 6.07) is -1.78. The van der Waals surface area contributed by atoms with E-state index in [1.165, 1.54) is 7.11 Å². The third-order valence-electron chi connectivity index (χ3n) is 3.63. The minimum Gasteiger partial charge on any atom is -0.480 e. The molecular formula is C13H22N2O5. The molecule has 0 radical (unpaired) electrons. The highest BCUT2D eigenvalue weighted by Crippen LogP contribution is 2.23. The van der Waals surface area contributed by atoms with E-state index < -0.39 is 24.0 Å². The topological polar surface area (TPSA) is 105 Å². The van der Waals surface area contributed by atoms with Gasteiger partial charge in [0.05, 0.1) is 13.5 Å². The average molecular weight is 286 g/mol. The van der Waals surface area contributed by atoms with Crippen LogP contribution in [-0.2, 0) is 14.3 Å². The first-order valence-corrected chi connectivity index (χ1v) is 6.80. The Morgan fingerprint density at radius 3 is 2.50 bits per heavy atom. The molecule has 1 aliphatic carbocycles. The van der Waals surface area contributed by atoms with Gasteiger partial charge in [-0.1, -0.05) is 19.8 Å². The molecule has 7 heteroatoms. The number of methoxy groups -OCH3 is 1. The molecule has 0 bridgehead atoms. The third-order valence-corrected chi connectivity index (χ3v) is 3.63. The predicted octanol–water partition coefficient (Wildman–Crippen LogP) is 0.881. The summed E-state index contributed by atoms with van der Waals surface area (Å²) in [4.78, 5) is 33.9. The van der Waals surface area contributed by atoms with Crippen LogP contribution in [0.4, 0.5) is 4.79 Å². The second-order valence-corrected chi connectivity index (χ2v) is 5.16. The number of carboxylic acids is 1. The van der Waals surface area contributed by atoms with Crippen molar-refractivity contribution >= 4 is 18.0 Å². The van der Waals surface area contributed by atoms with Crippen molar-refractivity contribution in [3.8, 4) is 0 Å². The molecule has 2 amide bonds. The van der Waals surface area contributed by atoms with E-state index in [0.29, 0.717) is 5.92 Å². The lowest BCUT2D eigenvalue weighted by Gasteiger charge is -2.29. The van der Waals surface area contributed by atoms with Gasteiger partial charge in [0.2, 0.25) is 0 Å². The van der Waals surface area contributed by atoms with Crippen molar-refractivity contribution in [2.24, 2.45) is 5.92 Å². The number of ether oxygens (including phenoxy) is 1. The van der Waals surface area contributed by atoms with Crippen molar-refractivity contribution < 1.29 is 24.2 Å². The third kappa shape index (κ3) is 5.07. The molecule has 1 rings (SSSR count). The molecule has 3 N–H and O–H groups in total. The number of nitrogens with one attached hydrogen (secondary N) is 2. The summed E-state index contributed by atoms with van der Waals surface area (Å²) in [6.07, 6.45) is 3.76. The number of amides is 2. The standard InChI is InChI=1S/C13H22N2O5/c1-8-5-3-4-6-9(8)14-13(19)15-10(12(17)18)7-11(16)20-2/h8-10H,3-7H2,1-2H3,(H,17,18)(H2,14,15,19)/t8?,9?,10-/m0/s1. The monoisotopic (exact) mass is 286 g/mol. The van der Waals surface area contributed by atoms with Crippen molar-refractivity contribution in [2.75, 3.05) is 7.11 Å². The highest BCUT2D eigenvalue weighted by molar-refractivity contribution is 5.86. The molecular weight excluding hydrogens is 264 g/mol. The van der Waals surface area contributed by atoms with E-state index in [-0.39, 0.29) is 12.5 Å². The highest BCUT2D eigenvalue weighted by atomic mass is 16.5. The van der Waals surface area contributed by atoms with Gasteiger partial charge in [0, 0.05) is 6.04 Å². The first kappa shape index (κ1) is 16.3. The predicted molar refractivity (Wildman–Crippen MR) is 71.1 cm³/mol. The number of carbonyl (C=O) groups is 3. The van der Waals surface area contributed by atoms with Crippen LogP contribution in [0.15, 0.2) is 0 Å². The summed E-state index contributed by atoms with van der Waals surface area (Å²) in [5.74, 6) is -1.57. The number of aliphatic carboxylic acids is 1. The minimum atomic E-state index is -1.28. The molecule has 3 atom stereocenters. The number of carboxylic acid groups (broad SMARTS) is 1. The van der Waals surface area contributed by atoms with Gasteiger partial charge in [0.1, 0.15) is 6.04 Å². The summed E-state index contributed by atoms with van der Waals surface area (Å²) in [7, 11) is 1.17. The van der Waals surface area contributed by atoms with E-state index in [4.69, 9.17) is 5.11 Å². The van der Waals surface area contributed by atoms with Gasteiger partial charge < -0.3 is 20.5 Å². The molecule has 0 spiro atoms. The van der Waals surface area contributed by atoms with Crippen LogP contribution < -0.4 is 10.6 Å². The van der Waals surface area contributed by atoms with Crippen molar-refractivity contribution in [2.45, 2.75) is 51.1 Å². The zero-order chi connectivity index (χ0) is 15.1. The van der Waals surface area contributed by atoms with E-state index in [0.717, 1.165) is 25.7 Å². The Balaban J connectivity index is 2.48. The molecule has 0 saturated heterocycles. The number of urea groups is 1. The Hall–Kier alpha value is -1.79. The average Bonchev–Trinajstić information content (AvgIpc) is 2.40. The van der Waals surface area contributed by atoms with Gasteiger partial charge >= 0.3 is 18.0 Å². The van der Waals surface area contributed by atoms with Gasteiger partial charge in [-0.25, -0.2) is 9.59 Å². The van der Waals surface area contributed by atoms with Gasteiger partial charge in [-0.2, -0.15) is 0 Å². The fourth-order valence-electron chi connectivity index (χ4n) is 2.35. The molecule has 0 aliphatic heterocycles. The van der Waals surface area contributed by atoms with Gasteiger partial charge in [-0.05, 0) is 18.8 Å². The van der Waals surface area contributed by atoms with E-state index in [9.17, 15) is 14.4 Å². The lowest BCUT2D eigenvalue weighted by Crippen LogP contribution is -2.51. The first-order valence-electron chi connectivity index (χ1n) is 6.80. The highest BCUT2D eigenvalue weighted by Gasteiger charge is 2.27. The maximum Gasteiger partial charge on any atom is 0.326 e. The van der Waals surface area contributed by atoms with Crippen molar-refractivity contribution in [3.05, 3.63) is 0 Å². The summed E-state index contributed by atoms with van der Waals surface area (Å²) in [6.45, 7) is 2.06. The summed E-state index contributed by atoms with van der Waals surface area (Å²) < 4.78 is 4.41. The maximum atomic E-state index is 11.8.